The van der Waals surface area contributed by atoms with Crippen LogP contribution in [0.15, 0.2) is 58.8 Å². The first-order valence-electron chi connectivity index (χ1n) is 14.1. The van der Waals surface area contributed by atoms with Crippen molar-refractivity contribution in [2.24, 2.45) is 5.73 Å². The van der Waals surface area contributed by atoms with E-state index in [0.29, 0.717) is 61.1 Å². The summed E-state index contributed by atoms with van der Waals surface area (Å²) in [7, 11) is 0. The number of aliphatic hydroxyl groups excluding tert-OH is 2. The van der Waals surface area contributed by atoms with Gasteiger partial charge in [-0.1, -0.05) is 94.7 Å². The number of aliphatic hydroxyl groups is 2. The van der Waals surface area contributed by atoms with Crippen LogP contribution in [0.5, 0.6) is 0 Å². The number of aromatic amines is 2. The van der Waals surface area contributed by atoms with E-state index in [1.165, 1.54) is 23.5 Å². The Morgan fingerprint density at radius 2 is 1.21 bits per heavy atom. The Labute approximate surface area is 294 Å². The van der Waals surface area contributed by atoms with Gasteiger partial charge in [0.1, 0.15) is 11.0 Å². The molecule has 47 heavy (non-hydrogen) atoms. The molecule has 0 fully saturated rings. The van der Waals surface area contributed by atoms with Crippen molar-refractivity contribution in [3.8, 4) is 22.5 Å². The molecule has 4 aromatic heterocycles. The monoisotopic (exact) mass is 734 g/mol. The quantitative estimate of drug-likeness (QED) is 0.0562. The third-order valence-corrected chi connectivity index (χ3v) is 8.33. The molecule has 0 saturated heterocycles. The SMILES string of the molecule is CSc1nc(Cl)c2c(-c3ccccc3Cl)[nH]nc2n1.CSc1nc(NC[C@H](C)O)c2c(-c3ccccc3Cl)[nH]nc2n1.C[C@H](O)CN. The van der Waals surface area contributed by atoms with E-state index in [0.717, 1.165) is 27.9 Å². The number of rotatable bonds is 8. The Morgan fingerprint density at radius 3 is 1.68 bits per heavy atom. The highest BCUT2D eigenvalue weighted by molar-refractivity contribution is 7.98. The van der Waals surface area contributed by atoms with Crippen molar-refractivity contribution in [1.29, 1.82) is 0 Å². The molecule has 17 heteroatoms. The van der Waals surface area contributed by atoms with Gasteiger partial charge >= 0.3 is 0 Å². The summed E-state index contributed by atoms with van der Waals surface area (Å²) in [5.41, 5.74) is 9.17. The Hall–Kier alpha value is -3.21. The molecular formula is C30H33Cl3N10O2S2. The third kappa shape index (κ3) is 9.24. The molecule has 6 rings (SSSR count). The first-order chi connectivity index (χ1) is 22.6. The average molecular weight is 736 g/mol. The van der Waals surface area contributed by atoms with E-state index in [9.17, 15) is 5.11 Å². The van der Waals surface area contributed by atoms with Gasteiger partial charge in [0, 0.05) is 34.3 Å². The topological polar surface area (TPSA) is 187 Å². The van der Waals surface area contributed by atoms with Crippen molar-refractivity contribution in [2.45, 2.75) is 36.4 Å². The first-order valence-corrected chi connectivity index (χ1v) is 17.7. The summed E-state index contributed by atoms with van der Waals surface area (Å²) in [4.78, 5) is 17.5. The van der Waals surface area contributed by atoms with Crippen LogP contribution in [-0.2, 0) is 0 Å². The molecule has 0 spiro atoms. The van der Waals surface area contributed by atoms with Crippen molar-refractivity contribution in [3.05, 3.63) is 63.7 Å². The van der Waals surface area contributed by atoms with Crippen LogP contribution in [0, 0.1) is 0 Å². The molecule has 12 nitrogen and oxygen atoms in total. The summed E-state index contributed by atoms with van der Waals surface area (Å²) in [6.07, 6.45) is 2.96. The van der Waals surface area contributed by atoms with Crippen molar-refractivity contribution < 1.29 is 10.2 Å². The number of hydrogen-bond acceptors (Lipinski definition) is 12. The predicted octanol–water partition coefficient (Wildman–Crippen LogP) is 6.56. The highest BCUT2D eigenvalue weighted by Gasteiger charge is 2.19. The molecule has 0 bridgehead atoms. The van der Waals surface area contributed by atoms with Gasteiger partial charge in [0.2, 0.25) is 0 Å². The minimum Gasteiger partial charge on any atom is -0.392 e. The van der Waals surface area contributed by atoms with E-state index < -0.39 is 6.10 Å². The Morgan fingerprint density at radius 1 is 0.745 bits per heavy atom. The summed E-state index contributed by atoms with van der Waals surface area (Å²) in [5, 5.41) is 39.6. The lowest BCUT2D eigenvalue weighted by molar-refractivity contribution is 0.203. The molecule has 248 valence electrons. The number of nitrogens with two attached hydrogens (primary N) is 1. The lowest BCUT2D eigenvalue weighted by Crippen LogP contribution is -2.16. The number of benzene rings is 2. The summed E-state index contributed by atoms with van der Waals surface area (Å²) < 4.78 is 0. The van der Waals surface area contributed by atoms with Crippen LogP contribution in [0.4, 0.5) is 5.82 Å². The van der Waals surface area contributed by atoms with Crippen molar-refractivity contribution >= 4 is 86.2 Å². The molecule has 7 N–H and O–H groups in total. The van der Waals surface area contributed by atoms with Gasteiger partial charge in [-0.05, 0) is 38.5 Å². The molecule has 2 aromatic carbocycles. The Balaban J connectivity index is 0.000000189. The van der Waals surface area contributed by atoms with E-state index in [4.69, 9.17) is 45.6 Å². The van der Waals surface area contributed by atoms with Crippen molar-refractivity contribution in [3.63, 3.8) is 0 Å². The maximum Gasteiger partial charge on any atom is 0.191 e. The predicted molar refractivity (Wildman–Crippen MR) is 194 cm³/mol. The molecule has 0 amide bonds. The van der Waals surface area contributed by atoms with E-state index in [-0.39, 0.29) is 6.10 Å². The summed E-state index contributed by atoms with van der Waals surface area (Å²) in [5.74, 6) is 0.629. The summed E-state index contributed by atoms with van der Waals surface area (Å²) in [6, 6.07) is 15.0. The van der Waals surface area contributed by atoms with Crippen LogP contribution >= 0.6 is 58.3 Å². The maximum atomic E-state index is 9.54. The second-order valence-corrected chi connectivity index (χ2v) is 12.6. The fraction of sp³-hybridized carbons (Fsp3) is 0.267. The van der Waals surface area contributed by atoms with Gasteiger partial charge in [0.15, 0.2) is 21.6 Å². The standard InChI is InChI=1S/C15H16ClN5OS.C12H8Cl2N4S.C3H9NO/c1-8(22)7-17-13-11-12(9-5-3-4-6-10(9)16)20-21-14(11)19-15(18-13)23-2;1-19-12-15-10(14)8-9(17-18-11(8)16-12)6-4-2-3-5-7(6)13;1-3(5)2-4/h3-6,8,22H,7H2,1-2H3,(H2,17,18,19,20,21);2-5H,1H3,(H,15,16,17,18);3,5H,2,4H2,1H3/t8-;;3-/m0.0/s1. The molecule has 0 saturated carbocycles. The zero-order valence-corrected chi connectivity index (χ0v) is 29.7. The maximum absolute atomic E-state index is 9.54. The number of anilines is 1. The zero-order valence-electron chi connectivity index (χ0n) is 25.8. The highest BCUT2D eigenvalue weighted by Crippen LogP contribution is 2.36. The number of fused-ring (bicyclic) bond motifs is 2. The minimum atomic E-state index is -0.492. The van der Waals surface area contributed by atoms with Crippen LogP contribution in [0.1, 0.15) is 13.8 Å². The van der Waals surface area contributed by atoms with Gasteiger partial charge in [-0.3, -0.25) is 10.2 Å². The average Bonchev–Trinajstić information content (AvgIpc) is 3.69. The molecule has 0 aliphatic heterocycles. The third-order valence-electron chi connectivity index (χ3n) is 6.30. The van der Waals surface area contributed by atoms with Crippen LogP contribution in [0.2, 0.25) is 15.2 Å². The highest BCUT2D eigenvalue weighted by atomic mass is 35.5. The molecule has 2 atom stereocenters. The van der Waals surface area contributed by atoms with Gasteiger partial charge in [-0.25, -0.2) is 19.9 Å². The summed E-state index contributed by atoms with van der Waals surface area (Å²) >= 11 is 21.6. The fourth-order valence-corrected chi connectivity index (χ4v) is 5.53. The van der Waals surface area contributed by atoms with Crippen LogP contribution in [-0.4, -0.2) is 88.4 Å². The van der Waals surface area contributed by atoms with Gasteiger partial charge in [-0.15, -0.1) is 0 Å². The number of thioether (sulfide) groups is 2. The lowest BCUT2D eigenvalue weighted by Gasteiger charge is -2.10. The van der Waals surface area contributed by atoms with E-state index >= 15 is 0 Å². The number of halogens is 3. The van der Waals surface area contributed by atoms with E-state index in [1.807, 2.05) is 61.0 Å². The van der Waals surface area contributed by atoms with E-state index in [1.54, 1.807) is 13.8 Å². The molecule has 6 aromatic rings. The molecule has 0 unspecified atom stereocenters. The second kappa shape index (κ2) is 17.3. The van der Waals surface area contributed by atoms with Crippen molar-refractivity contribution in [1.82, 2.24) is 40.3 Å². The molecule has 4 heterocycles. The zero-order chi connectivity index (χ0) is 34.1. The number of hydrogen-bond donors (Lipinski definition) is 6. The van der Waals surface area contributed by atoms with Crippen molar-refractivity contribution in [2.75, 3.05) is 30.9 Å². The largest absolute Gasteiger partial charge is 0.392 e. The lowest BCUT2D eigenvalue weighted by atomic mass is 10.1. The fourth-order valence-electron chi connectivity index (χ4n) is 4.04. The second-order valence-electron chi connectivity index (χ2n) is 9.93. The molecule has 0 radical (unpaired) electrons. The summed E-state index contributed by atoms with van der Waals surface area (Å²) in [6.45, 7) is 4.11. The Bertz CT molecular complexity index is 1940. The van der Waals surface area contributed by atoms with Gasteiger partial charge < -0.3 is 21.3 Å². The minimum absolute atomic E-state index is 0.338. The Kier molecular flexibility index (Phi) is 13.5. The van der Waals surface area contributed by atoms with Crippen LogP contribution in [0.3, 0.4) is 0 Å². The van der Waals surface area contributed by atoms with Gasteiger partial charge in [0.05, 0.1) is 34.4 Å². The van der Waals surface area contributed by atoms with Crippen LogP contribution < -0.4 is 11.1 Å². The number of nitrogens with zero attached hydrogens (tertiary/aromatic N) is 6. The molecular weight excluding hydrogens is 703 g/mol. The number of H-pyrrole nitrogens is 2. The normalized spacial score (nSPS) is 12.2. The molecule has 0 aliphatic rings. The first kappa shape index (κ1) is 36.6. The number of nitrogens with one attached hydrogen (secondary N) is 3. The van der Waals surface area contributed by atoms with Gasteiger partial charge in [-0.2, -0.15) is 10.2 Å². The molecule has 0 aliphatic carbocycles. The van der Waals surface area contributed by atoms with Crippen LogP contribution in [0.25, 0.3) is 44.6 Å². The smallest absolute Gasteiger partial charge is 0.191 e. The van der Waals surface area contributed by atoms with E-state index in [2.05, 4.69) is 45.6 Å². The number of aromatic nitrogens is 8. The van der Waals surface area contributed by atoms with Gasteiger partial charge in [0.25, 0.3) is 0 Å².